The van der Waals surface area contributed by atoms with E-state index in [0.29, 0.717) is 35.3 Å². The number of rotatable bonds is 41. The molecule has 0 radical (unpaired) electrons. The molecule has 796 valence electrons. The van der Waals surface area contributed by atoms with E-state index in [1.165, 1.54) is 16.9 Å². The number of hydrogen-bond donors (Lipinski definition) is 12. The van der Waals surface area contributed by atoms with Crippen molar-refractivity contribution in [3.8, 4) is 39.9 Å². The molecule has 0 saturated heterocycles. The second-order valence-electron chi connectivity index (χ2n) is 39.0. The number of phenolic OH excluding ortho intramolecular Hbond substituents is 4. The largest absolute Gasteiger partial charge is 0.543 e. The van der Waals surface area contributed by atoms with Gasteiger partial charge in [0.15, 0.2) is 6.29 Å². The number of carboxylic acids is 3. The summed E-state index contributed by atoms with van der Waals surface area (Å²) in [7, 11) is 0.219. The lowest BCUT2D eigenvalue weighted by Crippen LogP contribution is -2.44. The van der Waals surface area contributed by atoms with Gasteiger partial charge in [0, 0.05) is 106 Å². The number of hydrogen-bond acceptors (Lipinski definition) is 25. The van der Waals surface area contributed by atoms with Crippen molar-refractivity contribution in [2.24, 2.45) is 0 Å². The molecule has 0 fully saturated rings. The van der Waals surface area contributed by atoms with Crippen molar-refractivity contribution < 1.29 is 131 Å². The van der Waals surface area contributed by atoms with Gasteiger partial charge in [-0.1, -0.05) is 148 Å². The van der Waals surface area contributed by atoms with Crippen LogP contribution < -0.4 is 31.0 Å². The number of carbonyl (C=O) groups excluding carboxylic acids is 10. The Balaban J connectivity index is 0.000000481. The van der Waals surface area contributed by atoms with Gasteiger partial charge in [0.05, 0.1) is 19.8 Å². The number of benzene rings is 7. The lowest BCUT2D eigenvalue weighted by molar-refractivity contribution is -0.145. The minimum Gasteiger partial charge on any atom is -0.543 e. The molecule has 4 atom stereocenters. The van der Waals surface area contributed by atoms with Gasteiger partial charge in [-0.3, -0.25) is 24.0 Å². The Morgan fingerprint density at radius 3 is 1.08 bits per heavy atom. The number of aromatic hydroxyl groups is 4. The molecule has 0 spiro atoms. The van der Waals surface area contributed by atoms with Crippen LogP contribution in [0.1, 0.15) is 212 Å². The molecule has 1 aliphatic rings. The number of carbonyl (C=O) groups is 13. The summed E-state index contributed by atoms with van der Waals surface area (Å²) in [5.74, 6) is -4.54. The molecule has 0 saturated carbocycles. The van der Waals surface area contributed by atoms with Crippen LogP contribution >= 0.6 is 0 Å². The van der Waals surface area contributed by atoms with Crippen molar-refractivity contribution in [3.05, 3.63) is 257 Å². The summed E-state index contributed by atoms with van der Waals surface area (Å²) in [5.41, 5.74) is 10.3. The fraction of sp³-hybridized carbons (Fsp3) is 0.427. The second-order valence-corrected chi connectivity index (χ2v) is 43.8. The van der Waals surface area contributed by atoms with E-state index >= 15 is 0 Å². The zero-order chi connectivity index (χ0) is 110. The molecule has 0 bridgehead atoms. The lowest BCUT2D eigenvalue weighted by atomic mass is 9.98. The van der Waals surface area contributed by atoms with Gasteiger partial charge in [-0.2, -0.15) is 0 Å². The van der Waals surface area contributed by atoms with Crippen LogP contribution in [0.2, 0.25) is 18.1 Å². The Morgan fingerprint density at radius 1 is 0.418 bits per heavy atom. The number of amides is 7. The van der Waals surface area contributed by atoms with Gasteiger partial charge in [0.2, 0.25) is 26.0 Å². The summed E-state index contributed by atoms with van der Waals surface area (Å²) in [5, 5.41) is 79.1. The minimum absolute atomic E-state index is 0.00326. The summed E-state index contributed by atoms with van der Waals surface area (Å²) < 4.78 is 36.6. The summed E-state index contributed by atoms with van der Waals surface area (Å²) in [6.45, 7) is 53.2. The van der Waals surface area contributed by atoms with Crippen molar-refractivity contribution in [2.75, 3.05) is 47.0 Å². The molecule has 0 aromatic heterocycles. The molecule has 146 heavy (non-hydrogen) atoms. The molecule has 36 heteroatoms. The van der Waals surface area contributed by atoms with E-state index in [-0.39, 0.29) is 143 Å². The van der Waals surface area contributed by atoms with E-state index in [0.717, 1.165) is 80.6 Å². The zero-order valence-electron chi connectivity index (χ0n) is 88.0. The van der Waals surface area contributed by atoms with Crippen molar-refractivity contribution in [1.29, 1.82) is 0 Å². The fourth-order valence-electron chi connectivity index (χ4n) is 13.6. The molecule has 1 aliphatic carbocycles. The summed E-state index contributed by atoms with van der Waals surface area (Å²) >= 11 is 0. The van der Waals surface area contributed by atoms with E-state index < -0.39 is 104 Å². The van der Waals surface area contributed by atoms with Crippen LogP contribution in [-0.4, -0.2) is 225 Å². The standard InChI is InChI=1S/C37H46N2O6Si.C22H32N2O6.C21H30N2O6.C11H19NO6.C11H15NO.C8H8O2/c1-8-21-39(23-26-18-17-25(2)22-33(26)45-46(6,7)37(3,4)5)34(40)20-19-32(35(41)42)38-36(43)44-24-31-29-15-11-9-13-27(29)28-14-10-12-16-30(28)31;1-7-12-24(14-16-9-8-15(2)13-18(16)25)19(26)11-10-17(20(27)29-6)23-21(28)30-22(3,4)5;1-6-11-23(13-15-8-7-14(2)12-17(15)24)18(25)10-9-16(19(26)27)22-20(28)29-21(3,4)5;1-11(2,3)18-10(16)12-7(9(15)17-4)5-6-8(13)14;1-3-6-12-8-10-5-4-9(2)7-11(10)13;1-6-2-3-7(5-9)8(10)4-6/h8-18,22,31-32H,1,19-21,23-24H2,2-7H3,(H,38,43)(H,41,42);7-9,13,17,25H,1,10-12,14H2,2-6H3,(H,23,28);6-8,12,16,24H,1,9-11,13H2,2-5H3,(H,22,28)(H,26,27);7H,5-6H2,1-4H3,(H,12,16)(H,13,14);3-5,7,12-13H,1,6,8H2,2H3;2-5,10H,1H3/t32-;17-;16-;7-;;/m0000../s1. The minimum atomic E-state index is -2.15. The number of esters is 2. The maximum Gasteiger partial charge on any atom is 0.408 e. The van der Waals surface area contributed by atoms with Crippen LogP contribution in [0.15, 0.2) is 190 Å². The highest BCUT2D eigenvalue weighted by atomic mass is 28.4. The number of aliphatic carboxylic acids is 3. The molecule has 7 amide bonds. The van der Waals surface area contributed by atoms with Crippen molar-refractivity contribution >= 4 is 86.5 Å². The molecule has 0 heterocycles. The van der Waals surface area contributed by atoms with Gasteiger partial charge in [0.1, 0.15) is 76.3 Å². The van der Waals surface area contributed by atoms with Gasteiger partial charge in [0.25, 0.3) is 0 Å². The molecular formula is C110H150N8O27Si. The molecule has 7 aromatic rings. The first-order valence-electron chi connectivity index (χ1n) is 47.5. The number of methoxy groups -OCH3 is 2. The number of fused-ring (bicyclic) bond motifs is 3. The maximum absolute atomic E-state index is 13.4. The predicted molar refractivity (Wildman–Crippen MR) is 560 cm³/mol. The van der Waals surface area contributed by atoms with Crippen LogP contribution in [-0.2, 0) is 93.0 Å². The number of aryl methyl sites for hydroxylation is 5. The lowest BCUT2D eigenvalue weighted by Gasteiger charge is -2.37. The molecule has 0 unspecified atom stereocenters. The number of ether oxygens (including phenoxy) is 6. The Morgan fingerprint density at radius 2 is 0.747 bits per heavy atom. The highest BCUT2D eigenvalue weighted by Gasteiger charge is 2.40. The van der Waals surface area contributed by atoms with E-state index in [4.69, 9.17) is 38.3 Å². The highest BCUT2D eigenvalue weighted by Crippen LogP contribution is 2.45. The van der Waals surface area contributed by atoms with Crippen molar-refractivity contribution in [1.82, 2.24) is 41.3 Å². The maximum atomic E-state index is 13.4. The van der Waals surface area contributed by atoms with Crippen molar-refractivity contribution in [2.45, 2.75) is 260 Å². The first-order valence-corrected chi connectivity index (χ1v) is 50.4. The number of phenols is 4. The highest BCUT2D eigenvalue weighted by molar-refractivity contribution is 6.74. The molecule has 12 N–H and O–H groups in total. The Kier molecular flexibility index (Phi) is 52.1. The Bertz CT molecular complexity index is 5550. The van der Waals surface area contributed by atoms with Crippen LogP contribution in [0, 0.1) is 34.6 Å². The molecular weight excluding hydrogens is 1890 g/mol. The summed E-state index contributed by atoms with van der Waals surface area (Å²) in [6.07, 6.45) is 3.30. The fourth-order valence-corrected chi connectivity index (χ4v) is 14.7. The van der Waals surface area contributed by atoms with Gasteiger partial charge in [-0.15, -0.1) is 26.3 Å². The van der Waals surface area contributed by atoms with Crippen molar-refractivity contribution in [3.63, 3.8) is 0 Å². The van der Waals surface area contributed by atoms with E-state index in [1.807, 2.05) is 126 Å². The average Bonchev–Trinajstić information content (AvgIpc) is 1.60. The quantitative estimate of drug-likeness (QED) is 0.00423. The topological polar surface area (TPSA) is 498 Å². The number of aldehydes is 1. The van der Waals surface area contributed by atoms with Gasteiger partial charge >= 0.3 is 54.2 Å². The monoisotopic (exact) mass is 2040 g/mol. The smallest absolute Gasteiger partial charge is 0.408 e. The number of alkyl carbamates (subject to hydrolysis) is 4. The summed E-state index contributed by atoms with van der Waals surface area (Å²) in [4.78, 5) is 159. The first kappa shape index (κ1) is 125. The van der Waals surface area contributed by atoms with E-state index in [9.17, 15) is 87.9 Å². The third-order valence-electron chi connectivity index (χ3n) is 22.1. The van der Waals surface area contributed by atoms with Gasteiger partial charge in [-0.05, 0) is 227 Å². The third kappa shape index (κ3) is 46.3. The van der Waals surface area contributed by atoms with Crippen LogP contribution in [0.4, 0.5) is 19.2 Å². The van der Waals surface area contributed by atoms with Gasteiger partial charge < -0.3 is 110 Å². The number of carboxylic acid groups (broad SMARTS) is 3. The Hall–Kier alpha value is -14.8. The van der Waals surface area contributed by atoms with Crippen LogP contribution in [0.3, 0.4) is 0 Å². The molecule has 35 nitrogen and oxygen atoms in total. The summed E-state index contributed by atoms with van der Waals surface area (Å²) in [6, 6.07) is 38.4. The number of nitrogens with zero attached hydrogens (tertiary/aromatic N) is 3. The normalized spacial score (nSPS) is 12.1. The number of nitrogens with one attached hydrogen (secondary N) is 5. The zero-order valence-corrected chi connectivity index (χ0v) is 89.0. The van der Waals surface area contributed by atoms with Crippen LogP contribution in [0.25, 0.3) is 11.1 Å². The SMILES string of the molecule is C=CCN(Cc1ccc(C)cc1O)C(=O)CC[C@H](NC(=O)OC(C)(C)C)C(=O)O.C=CCN(Cc1ccc(C)cc1O)C(=O)CC[C@H](NC(=O)OC(C)(C)C)C(=O)OC.C=CCN(Cc1ccc(C)cc1O[Si](C)(C)C(C)(C)C)C(=O)CC[C@H](NC(=O)OCC1c2ccccc2-c2ccccc21)C(=O)O.C=CCNCc1ccc(C)cc1O.COC(=O)[C@H](CCC(=O)O)NC(=O)OC(C)(C)C.Cc1ccc(C=O)c(O)c1. The molecule has 0 aliphatic heterocycles. The molecule has 8 rings (SSSR count). The Labute approximate surface area is 858 Å². The molecule has 7 aromatic carbocycles. The predicted octanol–water partition coefficient (Wildman–Crippen LogP) is 18.1. The van der Waals surface area contributed by atoms with E-state index in [2.05, 4.69) is 91.5 Å². The second kappa shape index (κ2) is 60.7. The first-order chi connectivity index (χ1) is 68.2. The third-order valence-corrected chi connectivity index (χ3v) is 26.4. The van der Waals surface area contributed by atoms with E-state index in [1.54, 1.807) is 140 Å². The average molecular weight is 2040 g/mol. The van der Waals surface area contributed by atoms with Gasteiger partial charge in [-0.25, -0.2) is 38.4 Å². The van der Waals surface area contributed by atoms with Crippen LogP contribution in [0.5, 0.6) is 28.7 Å².